The Hall–Kier alpha value is -1.07. The Bertz CT molecular complexity index is 585. The van der Waals surface area contributed by atoms with Crippen LogP contribution in [0.15, 0.2) is 22.8 Å². The van der Waals surface area contributed by atoms with Crippen molar-refractivity contribution in [3.8, 4) is 0 Å². The molecule has 2 atom stereocenters. The molecule has 0 aliphatic carbocycles. The molecule has 2 aromatic rings. The van der Waals surface area contributed by atoms with Crippen molar-refractivity contribution >= 4 is 22.8 Å². The maximum absolute atomic E-state index is 10.9. The van der Waals surface area contributed by atoms with Gasteiger partial charge in [0.25, 0.3) is 0 Å². The van der Waals surface area contributed by atoms with Crippen LogP contribution in [0, 0.1) is 0 Å². The smallest absolute Gasteiger partial charge is 0.135 e. The Labute approximate surface area is 109 Å². The molecule has 2 saturated heterocycles. The highest BCUT2D eigenvalue weighted by atomic mass is 32.2. The average Bonchev–Trinajstić information content (AvgIpc) is 2.95. The van der Waals surface area contributed by atoms with E-state index in [1.54, 1.807) is 0 Å². The van der Waals surface area contributed by atoms with E-state index in [1.807, 2.05) is 30.0 Å². The van der Waals surface area contributed by atoms with Gasteiger partial charge in [-0.3, -0.25) is 0 Å². The first-order chi connectivity index (χ1) is 8.73. The monoisotopic (exact) mass is 262 g/mol. The number of fused-ring (bicyclic) bond motifs is 3. The second kappa shape index (κ2) is 3.71. The van der Waals surface area contributed by atoms with Crippen LogP contribution in [0.1, 0.15) is 31.2 Å². The van der Waals surface area contributed by atoms with Gasteiger partial charge in [-0.15, -0.1) is 0 Å². The highest BCUT2D eigenvalue weighted by Crippen LogP contribution is 2.51. The maximum atomic E-state index is 10.9. The molecule has 4 rings (SSSR count). The topological polar surface area (TPSA) is 59.2 Å². The Morgan fingerprint density at radius 2 is 1.89 bits per heavy atom. The van der Waals surface area contributed by atoms with E-state index in [4.69, 9.17) is 4.63 Å². The third-order valence-corrected chi connectivity index (χ3v) is 5.69. The van der Waals surface area contributed by atoms with E-state index >= 15 is 0 Å². The van der Waals surface area contributed by atoms with Crippen LogP contribution < -0.4 is 0 Å². The summed E-state index contributed by atoms with van der Waals surface area (Å²) in [4.78, 5) is 0. The fourth-order valence-electron chi connectivity index (χ4n) is 3.22. The first kappa shape index (κ1) is 10.8. The Kier molecular flexibility index (Phi) is 2.23. The van der Waals surface area contributed by atoms with Gasteiger partial charge in [-0.1, -0.05) is 6.07 Å². The molecule has 0 radical (unpaired) electrons. The zero-order valence-electron chi connectivity index (χ0n) is 9.87. The molecule has 2 unspecified atom stereocenters. The Morgan fingerprint density at radius 3 is 2.67 bits per heavy atom. The summed E-state index contributed by atoms with van der Waals surface area (Å²) in [6.07, 6.45) is 4.19. The largest absolute Gasteiger partial charge is 0.385 e. The number of hydrogen-bond donors (Lipinski definition) is 1. The zero-order valence-corrected chi connectivity index (χ0v) is 10.7. The minimum Gasteiger partial charge on any atom is -0.385 e. The first-order valence-electron chi connectivity index (χ1n) is 6.34. The molecule has 2 fully saturated rings. The Morgan fingerprint density at radius 1 is 1.17 bits per heavy atom. The standard InChI is InChI=1S/C13H14N2O2S/c16-13(6-9-2-3-10(7-13)18-9)8-1-4-11-12(5-8)15-17-14-11/h1,4-5,9-10,16H,2-3,6-7H2. The third kappa shape index (κ3) is 1.57. The fraction of sp³-hybridized carbons (Fsp3) is 0.538. The predicted molar refractivity (Wildman–Crippen MR) is 69.3 cm³/mol. The van der Waals surface area contributed by atoms with Gasteiger partial charge in [0, 0.05) is 10.5 Å². The van der Waals surface area contributed by atoms with Crippen LogP contribution in [-0.4, -0.2) is 25.9 Å². The molecule has 2 aliphatic rings. The molecular weight excluding hydrogens is 248 g/mol. The van der Waals surface area contributed by atoms with Gasteiger partial charge in [-0.2, -0.15) is 11.8 Å². The lowest BCUT2D eigenvalue weighted by molar-refractivity contribution is 0.0197. The molecular formula is C13H14N2O2S. The molecule has 0 spiro atoms. The van der Waals surface area contributed by atoms with Crippen LogP contribution in [0.25, 0.3) is 11.0 Å². The molecule has 5 heteroatoms. The van der Waals surface area contributed by atoms with Crippen molar-refractivity contribution in [2.24, 2.45) is 0 Å². The molecule has 94 valence electrons. The molecule has 3 heterocycles. The second-order valence-corrected chi connectivity index (χ2v) is 6.97. The van der Waals surface area contributed by atoms with Crippen LogP contribution in [-0.2, 0) is 5.60 Å². The van der Waals surface area contributed by atoms with E-state index in [9.17, 15) is 5.11 Å². The molecule has 18 heavy (non-hydrogen) atoms. The number of rotatable bonds is 1. The summed E-state index contributed by atoms with van der Waals surface area (Å²) in [5.74, 6) is 0. The van der Waals surface area contributed by atoms with Gasteiger partial charge in [0.05, 0.1) is 5.60 Å². The molecule has 0 saturated carbocycles. The van der Waals surface area contributed by atoms with Crippen molar-refractivity contribution in [1.29, 1.82) is 0 Å². The van der Waals surface area contributed by atoms with Crippen LogP contribution in [0.5, 0.6) is 0 Å². The van der Waals surface area contributed by atoms with Crippen molar-refractivity contribution in [3.05, 3.63) is 23.8 Å². The number of benzene rings is 1. The second-order valence-electron chi connectivity index (χ2n) is 5.37. The average molecular weight is 262 g/mol. The van der Waals surface area contributed by atoms with E-state index in [2.05, 4.69) is 10.3 Å². The lowest BCUT2D eigenvalue weighted by atomic mass is 9.86. The summed E-state index contributed by atoms with van der Waals surface area (Å²) < 4.78 is 4.71. The highest BCUT2D eigenvalue weighted by molar-refractivity contribution is 8.00. The van der Waals surface area contributed by atoms with Gasteiger partial charge in [-0.25, -0.2) is 4.63 Å². The van der Waals surface area contributed by atoms with Crippen molar-refractivity contribution in [2.45, 2.75) is 41.8 Å². The van der Waals surface area contributed by atoms with Crippen LogP contribution in [0.4, 0.5) is 0 Å². The lowest BCUT2D eigenvalue weighted by Gasteiger charge is -2.36. The molecule has 2 aliphatic heterocycles. The van der Waals surface area contributed by atoms with Gasteiger partial charge in [-0.05, 0) is 53.7 Å². The van der Waals surface area contributed by atoms with E-state index in [0.717, 1.165) is 29.4 Å². The van der Waals surface area contributed by atoms with Crippen LogP contribution >= 0.6 is 11.8 Å². The minimum atomic E-state index is -0.690. The highest BCUT2D eigenvalue weighted by Gasteiger charge is 2.44. The summed E-state index contributed by atoms with van der Waals surface area (Å²) in [5, 5.41) is 19.8. The first-order valence-corrected chi connectivity index (χ1v) is 7.28. The van der Waals surface area contributed by atoms with Crippen molar-refractivity contribution in [2.75, 3.05) is 0 Å². The summed E-state index contributed by atoms with van der Waals surface area (Å²) in [6.45, 7) is 0. The normalized spacial score (nSPS) is 35.2. The zero-order chi connectivity index (χ0) is 12.2. The van der Waals surface area contributed by atoms with E-state index in [1.165, 1.54) is 12.8 Å². The van der Waals surface area contributed by atoms with Gasteiger partial charge in [0.1, 0.15) is 11.0 Å². The number of aliphatic hydroxyl groups is 1. The molecule has 1 aromatic carbocycles. The van der Waals surface area contributed by atoms with Crippen LogP contribution in [0.3, 0.4) is 0 Å². The molecule has 1 N–H and O–H groups in total. The van der Waals surface area contributed by atoms with Crippen LogP contribution in [0.2, 0.25) is 0 Å². The summed E-state index contributed by atoms with van der Waals surface area (Å²) in [6, 6.07) is 5.76. The molecule has 2 bridgehead atoms. The van der Waals surface area contributed by atoms with E-state index in [-0.39, 0.29) is 0 Å². The SMILES string of the molecule is OC1(c2ccc3nonc3c2)CC2CCC(C1)S2. The predicted octanol–water partition coefficient (Wildman–Crippen LogP) is 2.47. The lowest BCUT2D eigenvalue weighted by Crippen LogP contribution is -2.34. The van der Waals surface area contributed by atoms with Gasteiger partial charge >= 0.3 is 0 Å². The number of nitrogens with zero attached hydrogens (tertiary/aromatic N) is 2. The fourth-order valence-corrected chi connectivity index (χ4v) is 5.06. The molecule has 1 aromatic heterocycles. The molecule has 4 nitrogen and oxygen atoms in total. The number of thioether (sulfide) groups is 1. The van der Waals surface area contributed by atoms with Gasteiger partial charge < -0.3 is 5.11 Å². The van der Waals surface area contributed by atoms with E-state index < -0.39 is 5.60 Å². The van der Waals surface area contributed by atoms with Crippen molar-refractivity contribution in [1.82, 2.24) is 10.3 Å². The number of hydrogen-bond acceptors (Lipinski definition) is 5. The number of aromatic nitrogens is 2. The summed E-state index contributed by atoms with van der Waals surface area (Å²) in [5.41, 5.74) is 1.74. The quantitative estimate of drug-likeness (QED) is 0.855. The summed E-state index contributed by atoms with van der Waals surface area (Å²) in [7, 11) is 0. The Balaban J connectivity index is 1.76. The van der Waals surface area contributed by atoms with Crippen molar-refractivity contribution in [3.63, 3.8) is 0 Å². The maximum Gasteiger partial charge on any atom is 0.135 e. The van der Waals surface area contributed by atoms with Gasteiger partial charge in [0.15, 0.2) is 0 Å². The van der Waals surface area contributed by atoms with E-state index in [0.29, 0.717) is 10.5 Å². The minimum absolute atomic E-state index is 0.611. The summed E-state index contributed by atoms with van der Waals surface area (Å²) >= 11 is 2.05. The third-order valence-electron chi connectivity index (χ3n) is 4.12. The van der Waals surface area contributed by atoms with Gasteiger partial charge in [0.2, 0.25) is 0 Å². The molecule has 0 amide bonds. The van der Waals surface area contributed by atoms with Crippen molar-refractivity contribution < 1.29 is 9.74 Å².